The fourth-order valence-electron chi connectivity index (χ4n) is 1.03. The minimum Gasteiger partial charge on any atom is -0.477 e. The van der Waals surface area contributed by atoms with Gasteiger partial charge in [-0.15, -0.1) is 5.10 Å². The van der Waals surface area contributed by atoms with Crippen molar-refractivity contribution in [2.75, 3.05) is 6.61 Å². The first-order chi connectivity index (χ1) is 6.27. The molecule has 0 N–H and O–H groups in total. The van der Waals surface area contributed by atoms with Crippen LogP contribution in [0.1, 0.15) is 33.4 Å². The molecule has 3 nitrogen and oxygen atoms in total. The fraction of sp³-hybridized carbons (Fsp3) is 0.700. The van der Waals surface area contributed by atoms with Gasteiger partial charge in [0.1, 0.15) is 0 Å². The summed E-state index contributed by atoms with van der Waals surface area (Å²) in [5, 5.41) is 4.17. The highest BCUT2D eigenvalue weighted by Gasteiger charge is 2.01. The van der Waals surface area contributed by atoms with Gasteiger partial charge in [0.15, 0.2) is 0 Å². The monoisotopic (exact) mass is 184 g/mol. The molecule has 1 aromatic rings. The van der Waals surface area contributed by atoms with Crippen LogP contribution in [-0.4, -0.2) is 16.4 Å². The maximum absolute atomic E-state index is 5.24. The van der Waals surface area contributed by atoms with Crippen molar-refractivity contribution in [1.29, 1.82) is 0 Å². The van der Waals surface area contributed by atoms with Crippen molar-refractivity contribution in [1.82, 2.24) is 9.78 Å². The van der Waals surface area contributed by atoms with Crippen LogP contribution < -0.4 is 4.74 Å². The zero-order chi connectivity index (χ0) is 10.3. The Morgan fingerprint density at radius 3 is 2.38 bits per heavy atom. The van der Waals surface area contributed by atoms with Gasteiger partial charge >= 0.3 is 0 Å². The van der Waals surface area contributed by atoms with E-state index in [9.17, 15) is 0 Å². The van der Waals surface area contributed by atoms with Crippen molar-refractivity contribution in [2.45, 2.75) is 34.1 Å². The molecule has 0 unspecified atom stereocenters. The van der Waals surface area contributed by atoms with Crippen LogP contribution in [0.25, 0.3) is 0 Å². The molecule has 3 heteroatoms. The molecule has 0 aliphatic carbocycles. The lowest BCUT2D eigenvalue weighted by Crippen LogP contribution is -1.96. The quantitative estimate of drug-likeness (QED) is 0.721. The first kappa shape index (κ1) is 12.0. The summed E-state index contributed by atoms with van der Waals surface area (Å²) in [6.07, 6.45) is 0.997. The zero-order valence-corrected chi connectivity index (χ0v) is 9.29. The Morgan fingerprint density at radius 1 is 1.38 bits per heavy atom. The van der Waals surface area contributed by atoms with Crippen molar-refractivity contribution in [3.63, 3.8) is 0 Å². The van der Waals surface area contributed by atoms with Gasteiger partial charge in [0.05, 0.1) is 6.61 Å². The molecule has 0 saturated carbocycles. The van der Waals surface area contributed by atoms with Crippen LogP contribution in [0.3, 0.4) is 0 Å². The van der Waals surface area contributed by atoms with Gasteiger partial charge in [-0.05, 0) is 13.3 Å². The highest BCUT2D eigenvalue weighted by Crippen LogP contribution is 2.10. The topological polar surface area (TPSA) is 27.1 Å². The summed E-state index contributed by atoms with van der Waals surface area (Å²) in [6, 6.07) is 1.98. The van der Waals surface area contributed by atoms with Crippen LogP contribution in [0.2, 0.25) is 0 Å². The minimum atomic E-state index is 0.681. The SMILES string of the molecule is CC.CCOc1cc(CC)n(C)n1. The number of aromatic nitrogens is 2. The largest absolute Gasteiger partial charge is 0.477 e. The van der Waals surface area contributed by atoms with E-state index in [4.69, 9.17) is 4.74 Å². The molecule has 0 aliphatic rings. The molecule has 13 heavy (non-hydrogen) atoms. The molecule has 0 atom stereocenters. The third-order valence-corrected chi connectivity index (χ3v) is 1.61. The first-order valence-electron chi connectivity index (χ1n) is 4.93. The second kappa shape index (κ2) is 6.52. The van der Waals surface area contributed by atoms with Crippen molar-refractivity contribution >= 4 is 0 Å². The van der Waals surface area contributed by atoms with Crippen molar-refractivity contribution in [2.24, 2.45) is 7.05 Å². The minimum absolute atomic E-state index is 0.681. The van der Waals surface area contributed by atoms with Crippen molar-refractivity contribution in [3.05, 3.63) is 11.8 Å². The zero-order valence-electron chi connectivity index (χ0n) is 9.29. The van der Waals surface area contributed by atoms with Gasteiger partial charge in [0.2, 0.25) is 5.88 Å². The highest BCUT2D eigenvalue weighted by molar-refractivity contribution is 5.15. The Bertz CT molecular complexity index is 231. The summed E-state index contributed by atoms with van der Waals surface area (Å²) < 4.78 is 7.09. The van der Waals surface area contributed by atoms with Crippen LogP contribution in [0.5, 0.6) is 5.88 Å². The number of nitrogens with zero attached hydrogens (tertiary/aromatic N) is 2. The molecule has 0 amide bonds. The second-order valence-electron chi connectivity index (χ2n) is 2.38. The van der Waals surface area contributed by atoms with Crippen LogP contribution in [0, 0.1) is 0 Å². The van der Waals surface area contributed by atoms with E-state index in [1.54, 1.807) is 0 Å². The average Bonchev–Trinajstić information content (AvgIpc) is 2.50. The number of hydrogen-bond acceptors (Lipinski definition) is 2. The fourth-order valence-corrected chi connectivity index (χ4v) is 1.03. The molecule has 0 saturated heterocycles. The Kier molecular flexibility index (Phi) is 6.02. The van der Waals surface area contributed by atoms with Gasteiger partial charge in [0, 0.05) is 18.8 Å². The highest BCUT2D eigenvalue weighted by atomic mass is 16.5. The van der Waals surface area contributed by atoms with Gasteiger partial charge in [0.25, 0.3) is 0 Å². The normalized spacial score (nSPS) is 9.00. The molecule has 0 bridgehead atoms. The number of aryl methyl sites for hydroxylation is 2. The Labute approximate surface area is 80.7 Å². The molecule has 1 heterocycles. The van der Waals surface area contributed by atoms with Crippen LogP contribution in [0.15, 0.2) is 6.07 Å². The number of rotatable bonds is 3. The lowest BCUT2D eigenvalue weighted by Gasteiger charge is -1.94. The molecule has 0 fully saturated rings. The Balaban J connectivity index is 0.000000671. The summed E-state index contributed by atoms with van der Waals surface area (Å²) in [5.41, 5.74) is 1.20. The molecule has 1 rings (SSSR count). The number of hydrogen-bond donors (Lipinski definition) is 0. The smallest absolute Gasteiger partial charge is 0.232 e. The van der Waals surface area contributed by atoms with Crippen LogP contribution >= 0.6 is 0 Å². The predicted octanol–water partition coefficient (Wildman–Crippen LogP) is 2.41. The summed E-state index contributed by atoms with van der Waals surface area (Å²) in [5.74, 6) is 0.729. The average molecular weight is 184 g/mol. The number of ether oxygens (including phenoxy) is 1. The second-order valence-corrected chi connectivity index (χ2v) is 2.38. The molecule has 0 radical (unpaired) electrons. The van der Waals surface area contributed by atoms with E-state index < -0.39 is 0 Å². The molecule has 0 aromatic carbocycles. The molecule has 0 aliphatic heterocycles. The van der Waals surface area contributed by atoms with E-state index in [2.05, 4.69) is 12.0 Å². The van der Waals surface area contributed by atoms with E-state index in [1.165, 1.54) is 5.69 Å². The molecular formula is C10H20N2O. The predicted molar refractivity (Wildman–Crippen MR) is 55.1 cm³/mol. The van der Waals surface area contributed by atoms with Gasteiger partial charge < -0.3 is 4.74 Å². The lowest BCUT2D eigenvalue weighted by atomic mass is 10.3. The maximum Gasteiger partial charge on any atom is 0.232 e. The van der Waals surface area contributed by atoms with Crippen LogP contribution in [0.4, 0.5) is 0 Å². The van der Waals surface area contributed by atoms with E-state index in [0.29, 0.717) is 6.61 Å². The molecule has 76 valence electrons. The van der Waals surface area contributed by atoms with Gasteiger partial charge in [-0.2, -0.15) is 0 Å². The molecule has 0 spiro atoms. The summed E-state index contributed by atoms with van der Waals surface area (Å²) in [6.45, 7) is 8.74. The van der Waals surface area contributed by atoms with E-state index >= 15 is 0 Å². The third-order valence-electron chi connectivity index (χ3n) is 1.61. The van der Waals surface area contributed by atoms with Gasteiger partial charge in [-0.1, -0.05) is 20.8 Å². The first-order valence-corrected chi connectivity index (χ1v) is 4.93. The van der Waals surface area contributed by atoms with Crippen molar-refractivity contribution < 1.29 is 4.74 Å². The Hall–Kier alpha value is -0.990. The lowest BCUT2D eigenvalue weighted by molar-refractivity contribution is 0.323. The standard InChI is InChI=1S/C8H14N2O.C2H6/c1-4-7-6-8(11-5-2)9-10(7)3;1-2/h6H,4-5H2,1-3H3;1-2H3. The summed E-state index contributed by atoms with van der Waals surface area (Å²) >= 11 is 0. The van der Waals surface area contributed by atoms with Crippen LogP contribution in [-0.2, 0) is 13.5 Å². The summed E-state index contributed by atoms with van der Waals surface area (Å²) in [4.78, 5) is 0. The van der Waals surface area contributed by atoms with Gasteiger partial charge in [-0.3, -0.25) is 4.68 Å². The van der Waals surface area contributed by atoms with E-state index in [0.717, 1.165) is 12.3 Å². The molecule has 1 aromatic heterocycles. The maximum atomic E-state index is 5.24. The molecular weight excluding hydrogens is 164 g/mol. The van der Waals surface area contributed by atoms with E-state index in [-0.39, 0.29) is 0 Å². The van der Waals surface area contributed by atoms with Gasteiger partial charge in [-0.25, -0.2) is 0 Å². The summed E-state index contributed by atoms with van der Waals surface area (Å²) in [7, 11) is 1.93. The Morgan fingerprint density at radius 2 is 2.00 bits per heavy atom. The van der Waals surface area contributed by atoms with Crippen molar-refractivity contribution in [3.8, 4) is 5.88 Å². The van der Waals surface area contributed by atoms with E-state index in [1.807, 2.05) is 38.6 Å². The third kappa shape index (κ3) is 3.49.